The molecule has 0 radical (unpaired) electrons. The Labute approximate surface area is 110 Å². The van der Waals surface area contributed by atoms with Crippen LogP contribution in [0, 0.1) is 0 Å². The molecule has 0 atom stereocenters. The van der Waals surface area contributed by atoms with E-state index in [1.54, 1.807) is 23.8 Å². The Morgan fingerprint density at radius 3 is 2.42 bits per heavy atom. The summed E-state index contributed by atoms with van der Waals surface area (Å²) >= 11 is 0. The van der Waals surface area contributed by atoms with E-state index in [-0.39, 0.29) is 12.0 Å². The summed E-state index contributed by atoms with van der Waals surface area (Å²) in [5, 5.41) is 7.85. The lowest BCUT2D eigenvalue weighted by atomic mass is 10.3. The normalized spacial score (nSPS) is 15.5. The van der Waals surface area contributed by atoms with Crippen LogP contribution in [-0.4, -0.2) is 69.6 Å². The number of hydrogen-bond donors (Lipinski definition) is 0. The summed E-state index contributed by atoms with van der Waals surface area (Å²) in [7, 11) is 1.66. The summed E-state index contributed by atoms with van der Waals surface area (Å²) in [6, 6.07) is 0. The van der Waals surface area contributed by atoms with Crippen LogP contribution in [0.15, 0.2) is 6.20 Å². The Kier molecular flexibility index (Phi) is 3.98. The number of aromatic nitrogens is 3. The summed E-state index contributed by atoms with van der Waals surface area (Å²) in [5.41, 5.74) is 0.326. The maximum Gasteiger partial charge on any atom is 0.409 e. The first-order chi connectivity index (χ1) is 9.11. The fraction of sp³-hybridized carbons (Fsp3) is 0.636. The maximum absolute atomic E-state index is 12.1. The summed E-state index contributed by atoms with van der Waals surface area (Å²) in [4.78, 5) is 28.2. The first kappa shape index (κ1) is 13.3. The quantitative estimate of drug-likeness (QED) is 0.737. The Morgan fingerprint density at radius 1 is 1.26 bits per heavy atom. The average molecular weight is 267 g/mol. The lowest BCUT2D eigenvalue weighted by molar-refractivity contribution is 0.0565. The van der Waals surface area contributed by atoms with E-state index in [9.17, 15) is 9.59 Å². The second-order valence-corrected chi connectivity index (χ2v) is 4.20. The van der Waals surface area contributed by atoms with Crippen molar-refractivity contribution in [3.8, 4) is 0 Å². The monoisotopic (exact) mass is 267 g/mol. The highest BCUT2D eigenvalue weighted by molar-refractivity contribution is 5.92. The molecule has 1 aromatic rings. The number of ether oxygens (including phenoxy) is 1. The van der Waals surface area contributed by atoms with E-state index < -0.39 is 0 Å². The smallest absolute Gasteiger partial charge is 0.409 e. The van der Waals surface area contributed by atoms with Gasteiger partial charge in [-0.2, -0.15) is 9.90 Å². The Bertz CT molecular complexity index is 465. The van der Waals surface area contributed by atoms with Gasteiger partial charge < -0.3 is 14.5 Å². The largest absolute Gasteiger partial charge is 0.450 e. The third kappa shape index (κ3) is 3.01. The van der Waals surface area contributed by atoms with Crippen molar-refractivity contribution in [3.63, 3.8) is 0 Å². The summed E-state index contributed by atoms with van der Waals surface area (Å²) in [5.74, 6) is -0.156. The van der Waals surface area contributed by atoms with E-state index in [1.807, 2.05) is 0 Å². The Hall–Kier alpha value is -2.12. The van der Waals surface area contributed by atoms with E-state index in [0.717, 1.165) is 0 Å². The van der Waals surface area contributed by atoms with Crippen molar-refractivity contribution in [3.05, 3.63) is 11.9 Å². The number of amides is 2. The predicted molar refractivity (Wildman–Crippen MR) is 65.5 cm³/mol. The van der Waals surface area contributed by atoms with Crippen molar-refractivity contribution in [1.29, 1.82) is 0 Å². The molecule has 0 aliphatic carbocycles. The van der Waals surface area contributed by atoms with Gasteiger partial charge in [0.15, 0.2) is 5.69 Å². The molecule has 1 fully saturated rings. The molecular weight excluding hydrogens is 250 g/mol. The molecule has 19 heavy (non-hydrogen) atoms. The van der Waals surface area contributed by atoms with Crippen LogP contribution in [0.25, 0.3) is 0 Å². The van der Waals surface area contributed by atoms with Crippen molar-refractivity contribution in [1.82, 2.24) is 24.8 Å². The molecule has 1 aliphatic rings. The van der Waals surface area contributed by atoms with Crippen LogP contribution in [0.2, 0.25) is 0 Å². The molecule has 2 amide bonds. The minimum Gasteiger partial charge on any atom is -0.450 e. The zero-order valence-electron chi connectivity index (χ0n) is 11.1. The Morgan fingerprint density at radius 2 is 1.89 bits per heavy atom. The van der Waals surface area contributed by atoms with E-state index in [2.05, 4.69) is 10.2 Å². The van der Waals surface area contributed by atoms with Gasteiger partial charge in [-0.25, -0.2) is 4.79 Å². The van der Waals surface area contributed by atoms with Gasteiger partial charge in [0.05, 0.1) is 12.8 Å². The predicted octanol–water partition coefficient (Wildman–Crippen LogP) is -0.271. The fourth-order valence-corrected chi connectivity index (χ4v) is 1.91. The number of nitrogens with zero attached hydrogens (tertiary/aromatic N) is 5. The molecule has 1 saturated heterocycles. The molecule has 0 aromatic carbocycles. The second-order valence-electron chi connectivity index (χ2n) is 4.20. The van der Waals surface area contributed by atoms with Gasteiger partial charge in [-0.15, -0.1) is 5.10 Å². The van der Waals surface area contributed by atoms with Crippen LogP contribution in [0.5, 0.6) is 0 Å². The number of carbonyl (C=O) groups excluding carboxylic acids is 2. The highest BCUT2D eigenvalue weighted by Crippen LogP contribution is 2.07. The topological polar surface area (TPSA) is 80.6 Å². The van der Waals surface area contributed by atoms with Gasteiger partial charge in [0.1, 0.15) is 0 Å². The van der Waals surface area contributed by atoms with Gasteiger partial charge in [0.2, 0.25) is 0 Å². The summed E-state index contributed by atoms with van der Waals surface area (Å²) in [6.45, 7) is 4.04. The highest BCUT2D eigenvalue weighted by Gasteiger charge is 2.26. The second kappa shape index (κ2) is 5.68. The zero-order valence-corrected chi connectivity index (χ0v) is 11.1. The van der Waals surface area contributed by atoms with Crippen LogP contribution in [-0.2, 0) is 11.8 Å². The van der Waals surface area contributed by atoms with Gasteiger partial charge in [0, 0.05) is 33.2 Å². The summed E-state index contributed by atoms with van der Waals surface area (Å²) in [6.07, 6.45) is 1.12. The van der Waals surface area contributed by atoms with Gasteiger partial charge in [-0.3, -0.25) is 4.79 Å². The lowest BCUT2D eigenvalue weighted by Gasteiger charge is -2.33. The molecule has 104 valence electrons. The first-order valence-electron chi connectivity index (χ1n) is 6.19. The molecule has 0 saturated carbocycles. The van der Waals surface area contributed by atoms with Gasteiger partial charge in [0.25, 0.3) is 5.91 Å². The van der Waals surface area contributed by atoms with E-state index in [0.29, 0.717) is 38.5 Å². The molecule has 1 aromatic heterocycles. The fourth-order valence-electron chi connectivity index (χ4n) is 1.91. The van der Waals surface area contributed by atoms with E-state index in [4.69, 9.17) is 4.74 Å². The SMILES string of the molecule is CCOC(=O)N1CCN(C(=O)c2cnn(C)n2)CC1. The number of piperazine rings is 1. The molecule has 1 aliphatic heterocycles. The van der Waals surface area contributed by atoms with Crippen molar-refractivity contribution >= 4 is 12.0 Å². The first-order valence-corrected chi connectivity index (χ1v) is 6.19. The minimum absolute atomic E-state index is 0.156. The summed E-state index contributed by atoms with van der Waals surface area (Å²) < 4.78 is 4.92. The van der Waals surface area contributed by atoms with Crippen molar-refractivity contribution in [2.45, 2.75) is 6.92 Å². The van der Waals surface area contributed by atoms with Crippen LogP contribution in [0.1, 0.15) is 17.4 Å². The average Bonchev–Trinajstić information content (AvgIpc) is 2.85. The molecular formula is C11H17N5O3. The third-order valence-corrected chi connectivity index (χ3v) is 2.91. The molecule has 8 heteroatoms. The lowest BCUT2D eigenvalue weighted by Crippen LogP contribution is -2.50. The Balaban J connectivity index is 1.89. The number of rotatable bonds is 2. The van der Waals surface area contributed by atoms with E-state index in [1.165, 1.54) is 11.0 Å². The number of hydrogen-bond acceptors (Lipinski definition) is 5. The molecule has 0 N–H and O–H groups in total. The maximum atomic E-state index is 12.1. The van der Waals surface area contributed by atoms with Crippen molar-refractivity contribution < 1.29 is 14.3 Å². The molecule has 2 rings (SSSR count). The highest BCUT2D eigenvalue weighted by atomic mass is 16.6. The standard InChI is InChI=1S/C11H17N5O3/c1-3-19-11(18)16-6-4-15(5-7-16)10(17)9-8-12-14(2)13-9/h8H,3-7H2,1-2H3. The molecule has 2 heterocycles. The van der Waals surface area contributed by atoms with Crippen LogP contribution < -0.4 is 0 Å². The van der Waals surface area contributed by atoms with Crippen molar-refractivity contribution in [2.24, 2.45) is 7.05 Å². The van der Waals surface area contributed by atoms with Gasteiger partial charge in [-0.05, 0) is 6.92 Å². The van der Waals surface area contributed by atoms with Gasteiger partial charge >= 0.3 is 6.09 Å². The van der Waals surface area contributed by atoms with Crippen LogP contribution >= 0.6 is 0 Å². The molecule has 0 spiro atoms. The van der Waals surface area contributed by atoms with Crippen LogP contribution in [0.3, 0.4) is 0 Å². The minimum atomic E-state index is -0.325. The molecule has 0 bridgehead atoms. The molecule has 8 nitrogen and oxygen atoms in total. The third-order valence-electron chi connectivity index (χ3n) is 2.91. The van der Waals surface area contributed by atoms with E-state index >= 15 is 0 Å². The van der Waals surface area contributed by atoms with Crippen LogP contribution in [0.4, 0.5) is 4.79 Å². The zero-order chi connectivity index (χ0) is 13.8. The van der Waals surface area contributed by atoms with Gasteiger partial charge in [-0.1, -0.05) is 0 Å². The van der Waals surface area contributed by atoms with Crippen molar-refractivity contribution in [2.75, 3.05) is 32.8 Å². The molecule has 0 unspecified atom stereocenters. The number of aryl methyl sites for hydroxylation is 1. The number of carbonyl (C=O) groups is 2.